The van der Waals surface area contributed by atoms with Crippen molar-refractivity contribution in [2.24, 2.45) is 0 Å². The first-order chi connectivity index (χ1) is 8.97. The molecular formula is C14H23N3O2. The fraction of sp³-hybridized carbons (Fsp3) is 0.571. The molecule has 0 saturated carbocycles. The Morgan fingerprint density at radius 1 is 1.42 bits per heavy atom. The summed E-state index contributed by atoms with van der Waals surface area (Å²) in [7, 11) is 0. The topological polar surface area (TPSA) is 79.5 Å². The van der Waals surface area contributed by atoms with E-state index in [9.17, 15) is 4.79 Å². The fourth-order valence-electron chi connectivity index (χ4n) is 1.95. The van der Waals surface area contributed by atoms with Crippen molar-refractivity contribution in [3.05, 3.63) is 17.8 Å². The van der Waals surface area contributed by atoms with E-state index in [1.54, 1.807) is 6.07 Å². The third kappa shape index (κ3) is 4.12. The van der Waals surface area contributed by atoms with Gasteiger partial charge in [-0.3, -0.25) is 0 Å². The molecule has 1 aromatic rings. The zero-order valence-corrected chi connectivity index (χ0v) is 11.9. The van der Waals surface area contributed by atoms with Crippen LogP contribution in [-0.4, -0.2) is 28.6 Å². The molecule has 1 heterocycles. The minimum atomic E-state index is -1.03. The van der Waals surface area contributed by atoms with E-state index in [4.69, 9.17) is 10.8 Å². The smallest absolute Gasteiger partial charge is 0.354 e. The molecule has 0 radical (unpaired) electrons. The molecule has 0 aliphatic rings. The third-order valence-electron chi connectivity index (χ3n) is 3.02. The molecule has 0 saturated heterocycles. The largest absolute Gasteiger partial charge is 0.477 e. The van der Waals surface area contributed by atoms with Gasteiger partial charge in [0.25, 0.3) is 0 Å². The molecule has 5 heteroatoms. The summed E-state index contributed by atoms with van der Waals surface area (Å²) in [5, 5.41) is 9.01. The van der Waals surface area contributed by atoms with Crippen molar-refractivity contribution in [3.8, 4) is 0 Å². The summed E-state index contributed by atoms with van der Waals surface area (Å²) in [5.74, 6) is -0.454. The Bertz CT molecular complexity index is 433. The lowest BCUT2D eigenvalue weighted by molar-refractivity contribution is 0.0690. The molecule has 106 valence electrons. The number of unbranched alkanes of at least 4 members (excludes halogenated alkanes) is 2. The van der Waals surface area contributed by atoms with Gasteiger partial charge >= 0.3 is 5.97 Å². The summed E-state index contributed by atoms with van der Waals surface area (Å²) in [6.07, 6.45) is 3.33. The lowest BCUT2D eigenvalue weighted by Gasteiger charge is -2.29. The maximum absolute atomic E-state index is 11.0. The number of carbonyl (C=O) groups is 1. The summed E-state index contributed by atoms with van der Waals surface area (Å²) in [6, 6.07) is 3.28. The number of pyridine rings is 1. The van der Waals surface area contributed by atoms with E-state index < -0.39 is 5.97 Å². The maximum atomic E-state index is 11.0. The number of carboxylic acid groups (broad SMARTS) is 1. The van der Waals surface area contributed by atoms with Crippen LogP contribution >= 0.6 is 0 Å². The highest BCUT2D eigenvalue weighted by molar-refractivity contribution is 5.87. The second kappa shape index (κ2) is 6.97. The van der Waals surface area contributed by atoms with E-state index in [1.165, 1.54) is 6.07 Å². The van der Waals surface area contributed by atoms with Gasteiger partial charge in [-0.1, -0.05) is 19.8 Å². The maximum Gasteiger partial charge on any atom is 0.354 e. The summed E-state index contributed by atoms with van der Waals surface area (Å²) in [5.41, 5.74) is 6.49. The number of aromatic nitrogens is 1. The van der Waals surface area contributed by atoms with Gasteiger partial charge in [0.1, 0.15) is 0 Å². The van der Waals surface area contributed by atoms with E-state index in [-0.39, 0.29) is 11.7 Å². The minimum Gasteiger partial charge on any atom is -0.477 e. The van der Waals surface area contributed by atoms with Gasteiger partial charge in [0.05, 0.1) is 5.69 Å². The highest BCUT2D eigenvalue weighted by Crippen LogP contribution is 2.23. The molecule has 0 aromatic carbocycles. The van der Waals surface area contributed by atoms with Crippen LogP contribution in [0.15, 0.2) is 12.1 Å². The molecule has 0 aliphatic carbocycles. The van der Waals surface area contributed by atoms with E-state index in [0.717, 1.165) is 25.8 Å². The van der Waals surface area contributed by atoms with Gasteiger partial charge in [-0.2, -0.15) is 0 Å². The summed E-state index contributed by atoms with van der Waals surface area (Å²) < 4.78 is 0. The van der Waals surface area contributed by atoms with Crippen LogP contribution in [0.3, 0.4) is 0 Å². The molecule has 1 rings (SSSR count). The first kappa shape index (κ1) is 15.3. The van der Waals surface area contributed by atoms with Crippen LogP contribution in [0.25, 0.3) is 0 Å². The average Bonchev–Trinajstić information content (AvgIpc) is 2.35. The van der Waals surface area contributed by atoms with E-state index >= 15 is 0 Å². The average molecular weight is 265 g/mol. The fourth-order valence-corrected chi connectivity index (χ4v) is 1.95. The summed E-state index contributed by atoms with van der Waals surface area (Å²) >= 11 is 0. The van der Waals surface area contributed by atoms with E-state index in [0.29, 0.717) is 11.5 Å². The first-order valence-corrected chi connectivity index (χ1v) is 6.73. The number of rotatable bonds is 7. The van der Waals surface area contributed by atoms with Gasteiger partial charge in [0, 0.05) is 12.6 Å². The lowest BCUT2D eigenvalue weighted by atomic mass is 10.2. The zero-order chi connectivity index (χ0) is 14.4. The van der Waals surface area contributed by atoms with Crippen LogP contribution in [-0.2, 0) is 0 Å². The number of carboxylic acids is 1. The summed E-state index contributed by atoms with van der Waals surface area (Å²) in [4.78, 5) is 17.2. The van der Waals surface area contributed by atoms with Crippen molar-refractivity contribution in [1.29, 1.82) is 0 Å². The molecule has 5 nitrogen and oxygen atoms in total. The Morgan fingerprint density at radius 2 is 2.11 bits per heavy atom. The van der Waals surface area contributed by atoms with Crippen molar-refractivity contribution >= 4 is 17.5 Å². The molecule has 3 N–H and O–H groups in total. The zero-order valence-electron chi connectivity index (χ0n) is 11.9. The number of nitrogens with zero attached hydrogens (tertiary/aromatic N) is 2. The Kier molecular flexibility index (Phi) is 5.60. The molecule has 19 heavy (non-hydrogen) atoms. The second-order valence-corrected chi connectivity index (χ2v) is 4.91. The highest BCUT2D eigenvalue weighted by Gasteiger charge is 2.17. The van der Waals surface area contributed by atoms with E-state index in [1.807, 2.05) is 0 Å². The second-order valence-electron chi connectivity index (χ2n) is 4.91. The number of hydrogen-bond acceptors (Lipinski definition) is 4. The van der Waals surface area contributed by atoms with Crippen molar-refractivity contribution in [2.45, 2.75) is 46.1 Å². The molecule has 0 aliphatic heterocycles. The number of aromatic carboxylic acids is 1. The molecular weight excluding hydrogens is 242 g/mol. The summed E-state index contributed by atoms with van der Waals surface area (Å²) in [6.45, 7) is 7.10. The van der Waals surface area contributed by atoms with Gasteiger partial charge in [-0.15, -0.1) is 0 Å². The predicted octanol–water partition coefficient (Wildman–Crippen LogP) is 2.77. The predicted molar refractivity (Wildman–Crippen MR) is 77.6 cm³/mol. The molecule has 0 amide bonds. The quantitative estimate of drug-likeness (QED) is 0.741. The van der Waals surface area contributed by atoms with Gasteiger partial charge < -0.3 is 15.7 Å². The van der Waals surface area contributed by atoms with Gasteiger partial charge in [0.2, 0.25) is 0 Å². The third-order valence-corrected chi connectivity index (χ3v) is 3.02. The number of nitrogen functional groups attached to an aromatic ring is 1. The van der Waals surface area contributed by atoms with Crippen molar-refractivity contribution in [1.82, 2.24) is 4.98 Å². The standard InChI is InChI=1S/C14H23N3O2/c1-4-5-6-9-17(10(2)3)13-11(15)7-8-12(16-13)14(18)19/h7-8,10H,4-6,9,15H2,1-3H3,(H,18,19). The van der Waals surface area contributed by atoms with Crippen LogP contribution in [0, 0.1) is 0 Å². The van der Waals surface area contributed by atoms with Gasteiger partial charge in [-0.05, 0) is 32.4 Å². The molecule has 0 bridgehead atoms. The Balaban J connectivity index is 3.00. The molecule has 0 fully saturated rings. The van der Waals surface area contributed by atoms with Crippen LogP contribution in [0.5, 0.6) is 0 Å². The Morgan fingerprint density at radius 3 is 2.63 bits per heavy atom. The normalized spacial score (nSPS) is 10.7. The molecule has 0 atom stereocenters. The number of hydrogen-bond donors (Lipinski definition) is 2. The van der Waals surface area contributed by atoms with Crippen molar-refractivity contribution < 1.29 is 9.90 Å². The number of anilines is 2. The molecule has 1 aromatic heterocycles. The lowest BCUT2D eigenvalue weighted by Crippen LogP contribution is -2.33. The molecule has 0 spiro atoms. The van der Waals surface area contributed by atoms with Gasteiger partial charge in [-0.25, -0.2) is 9.78 Å². The Hall–Kier alpha value is -1.78. The van der Waals surface area contributed by atoms with Crippen LogP contribution in [0.2, 0.25) is 0 Å². The van der Waals surface area contributed by atoms with Crippen molar-refractivity contribution in [3.63, 3.8) is 0 Å². The highest BCUT2D eigenvalue weighted by atomic mass is 16.4. The van der Waals surface area contributed by atoms with E-state index in [2.05, 4.69) is 30.7 Å². The minimum absolute atomic E-state index is 0.0327. The SMILES string of the molecule is CCCCCN(c1nc(C(=O)O)ccc1N)C(C)C. The molecule has 0 unspecified atom stereocenters. The van der Waals surface area contributed by atoms with Crippen molar-refractivity contribution in [2.75, 3.05) is 17.2 Å². The first-order valence-electron chi connectivity index (χ1n) is 6.73. The van der Waals surface area contributed by atoms with Crippen LogP contribution in [0.1, 0.15) is 50.5 Å². The Labute approximate surface area is 114 Å². The monoisotopic (exact) mass is 265 g/mol. The van der Waals surface area contributed by atoms with Gasteiger partial charge in [0.15, 0.2) is 11.5 Å². The van der Waals surface area contributed by atoms with Crippen LogP contribution in [0.4, 0.5) is 11.5 Å². The number of nitrogens with two attached hydrogens (primary N) is 1. The van der Waals surface area contributed by atoms with Crippen LogP contribution < -0.4 is 10.6 Å².